The summed E-state index contributed by atoms with van der Waals surface area (Å²) in [5.41, 5.74) is 0. The van der Waals surface area contributed by atoms with E-state index in [0.717, 1.165) is 32.5 Å². The predicted octanol–water partition coefficient (Wildman–Crippen LogP) is 4.63. The van der Waals surface area contributed by atoms with E-state index in [0.29, 0.717) is 0 Å². The molecule has 19 heavy (non-hydrogen) atoms. The number of allylic oxidation sites excluding steroid dienone is 6. The second-order valence-corrected chi connectivity index (χ2v) is 4.39. The standard InChI is InChI=1S/C6H9.C6H7.C5H9O.Co/c3*1-2-4-6-5-3-1;/h1-2,5H,3-4,6H2;1-3H,4,6H2;1H,2-5H2;/q3*-1;+3. The van der Waals surface area contributed by atoms with Crippen LogP contribution in [0.2, 0.25) is 0 Å². The average Bonchev–Trinajstić information content (AvgIpc) is 2.54. The molecule has 1 heterocycles. The number of hydrogen-bond acceptors (Lipinski definition) is 1. The third-order valence-electron chi connectivity index (χ3n) is 2.75. The van der Waals surface area contributed by atoms with Crippen LogP contribution in [0.15, 0.2) is 30.4 Å². The van der Waals surface area contributed by atoms with E-state index in [-0.39, 0.29) is 16.8 Å². The smallest absolute Gasteiger partial charge is 0.387 e. The normalized spacial score (nSPS) is 20.2. The Morgan fingerprint density at radius 1 is 0.895 bits per heavy atom. The van der Waals surface area contributed by atoms with Gasteiger partial charge in [0.15, 0.2) is 0 Å². The van der Waals surface area contributed by atoms with Gasteiger partial charge in [-0.3, -0.25) is 6.08 Å². The molecule has 0 radical (unpaired) electrons. The van der Waals surface area contributed by atoms with E-state index < -0.39 is 0 Å². The quantitative estimate of drug-likeness (QED) is 0.468. The molecule has 0 unspecified atom stereocenters. The van der Waals surface area contributed by atoms with Crippen molar-refractivity contribution in [1.29, 1.82) is 0 Å². The molecule has 0 aromatic heterocycles. The molecule has 2 aliphatic carbocycles. The summed E-state index contributed by atoms with van der Waals surface area (Å²) >= 11 is 0. The van der Waals surface area contributed by atoms with Crippen LogP contribution < -0.4 is 0 Å². The first-order valence-electron chi connectivity index (χ1n) is 7.08. The number of ether oxygens (including phenoxy) is 1. The van der Waals surface area contributed by atoms with Crippen LogP contribution in [-0.2, 0) is 21.5 Å². The van der Waals surface area contributed by atoms with Gasteiger partial charge in [0.25, 0.3) is 0 Å². The van der Waals surface area contributed by atoms with Crippen LogP contribution in [0.4, 0.5) is 0 Å². The van der Waals surface area contributed by atoms with Gasteiger partial charge in [-0.05, 0) is 0 Å². The van der Waals surface area contributed by atoms with Gasteiger partial charge in [0.2, 0.25) is 0 Å². The van der Waals surface area contributed by atoms with Gasteiger partial charge in [-0.15, -0.1) is 12.5 Å². The fourth-order valence-electron chi connectivity index (χ4n) is 1.70. The molecule has 108 valence electrons. The van der Waals surface area contributed by atoms with Crippen LogP contribution in [0.5, 0.6) is 0 Å². The van der Waals surface area contributed by atoms with E-state index in [1.165, 1.54) is 25.7 Å². The molecule has 0 saturated carbocycles. The minimum Gasteiger partial charge on any atom is -0.387 e. The Balaban J connectivity index is 0.000000249. The van der Waals surface area contributed by atoms with E-state index in [1.54, 1.807) is 0 Å². The summed E-state index contributed by atoms with van der Waals surface area (Å²) in [6.45, 7) is 1.89. The summed E-state index contributed by atoms with van der Waals surface area (Å²) in [4.78, 5) is 0. The van der Waals surface area contributed by atoms with E-state index in [4.69, 9.17) is 4.74 Å². The van der Waals surface area contributed by atoms with Gasteiger partial charge in [0.05, 0.1) is 0 Å². The number of rotatable bonds is 0. The maximum absolute atomic E-state index is 5.04. The number of hydrogen-bond donors (Lipinski definition) is 0. The molecular formula is C17H25CoO. The molecule has 3 rings (SSSR count). The summed E-state index contributed by atoms with van der Waals surface area (Å²) < 4.78 is 5.04. The van der Waals surface area contributed by atoms with Crippen LogP contribution in [-0.4, -0.2) is 13.2 Å². The van der Waals surface area contributed by atoms with Gasteiger partial charge in [0, 0.05) is 13.2 Å². The second-order valence-electron chi connectivity index (χ2n) is 4.39. The van der Waals surface area contributed by atoms with Crippen molar-refractivity contribution in [3.63, 3.8) is 0 Å². The molecule has 0 N–H and O–H groups in total. The van der Waals surface area contributed by atoms with Crippen molar-refractivity contribution < 1.29 is 21.5 Å². The van der Waals surface area contributed by atoms with Crippen molar-refractivity contribution in [2.45, 2.75) is 44.9 Å². The zero-order valence-electron chi connectivity index (χ0n) is 11.6. The SMILES string of the molecule is C1=CCC[CH-]C1.[C-]1=CC=CCC1.[CH-]1CCOCC1.[Co+3]. The minimum atomic E-state index is 0. The Bertz CT molecular complexity index is 220. The van der Waals surface area contributed by atoms with Crippen molar-refractivity contribution >= 4 is 0 Å². The Morgan fingerprint density at radius 3 is 1.89 bits per heavy atom. The van der Waals surface area contributed by atoms with E-state index >= 15 is 0 Å². The Hall–Kier alpha value is -0.314. The van der Waals surface area contributed by atoms with E-state index in [2.05, 4.69) is 37.1 Å². The molecule has 0 bridgehead atoms. The fraction of sp³-hybridized carbons (Fsp3) is 0.529. The molecular weight excluding hydrogens is 279 g/mol. The van der Waals surface area contributed by atoms with Gasteiger partial charge in [-0.1, -0.05) is 18.9 Å². The molecule has 1 saturated heterocycles. The summed E-state index contributed by atoms with van der Waals surface area (Å²) in [5.74, 6) is 0. The van der Waals surface area contributed by atoms with Gasteiger partial charge in [-0.25, -0.2) is 12.2 Å². The Labute approximate surface area is 129 Å². The molecule has 1 aliphatic heterocycles. The molecule has 1 nitrogen and oxygen atoms in total. The summed E-state index contributed by atoms with van der Waals surface area (Å²) in [5, 5.41) is 0. The van der Waals surface area contributed by atoms with E-state index in [9.17, 15) is 0 Å². The first kappa shape index (κ1) is 18.7. The van der Waals surface area contributed by atoms with Crippen molar-refractivity contribution in [3.8, 4) is 0 Å². The largest absolute Gasteiger partial charge is 3.00 e. The molecule has 0 amide bonds. The van der Waals surface area contributed by atoms with Crippen molar-refractivity contribution in [1.82, 2.24) is 0 Å². The molecule has 1 fully saturated rings. The molecule has 0 spiro atoms. The zero-order chi connectivity index (χ0) is 12.7. The van der Waals surface area contributed by atoms with Gasteiger partial charge < -0.3 is 17.6 Å². The zero-order valence-corrected chi connectivity index (χ0v) is 12.7. The van der Waals surface area contributed by atoms with E-state index in [1.807, 2.05) is 12.2 Å². The third kappa shape index (κ3) is 13.9. The third-order valence-corrected chi connectivity index (χ3v) is 2.75. The second kappa shape index (κ2) is 15.7. The molecule has 2 heteroatoms. The Kier molecular flexibility index (Phi) is 15.5. The van der Waals surface area contributed by atoms with Gasteiger partial charge in [0.1, 0.15) is 0 Å². The van der Waals surface area contributed by atoms with Crippen LogP contribution >= 0.6 is 0 Å². The monoisotopic (exact) mass is 304 g/mol. The van der Waals surface area contributed by atoms with Crippen molar-refractivity contribution in [2.75, 3.05) is 13.2 Å². The van der Waals surface area contributed by atoms with Crippen LogP contribution in [0, 0.1) is 18.9 Å². The Morgan fingerprint density at radius 2 is 1.74 bits per heavy atom. The minimum absolute atomic E-state index is 0. The predicted molar refractivity (Wildman–Crippen MR) is 77.8 cm³/mol. The molecule has 0 aromatic rings. The topological polar surface area (TPSA) is 9.23 Å². The summed E-state index contributed by atoms with van der Waals surface area (Å²) in [7, 11) is 0. The fourth-order valence-corrected chi connectivity index (χ4v) is 1.70. The average molecular weight is 304 g/mol. The molecule has 0 aromatic carbocycles. The summed E-state index contributed by atoms with van der Waals surface area (Å²) in [6.07, 6.45) is 26.6. The van der Waals surface area contributed by atoms with Crippen molar-refractivity contribution in [3.05, 3.63) is 49.3 Å². The molecule has 0 atom stereocenters. The van der Waals surface area contributed by atoms with Gasteiger partial charge in [-0.2, -0.15) is 31.8 Å². The van der Waals surface area contributed by atoms with Crippen molar-refractivity contribution in [2.24, 2.45) is 0 Å². The maximum Gasteiger partial charge on any atom is 3.00 e. The molecule has 3 aliphatic rings. The van der Waals surface area contributed by atoms with Crippen LogP contribution in [0.25, 0.3) is 0 Å². The maximum atomic E-state index is 5.04. The van der Waals surface area contributed by atoms with Gasteiger partial charge >= 0.3 is 16.8 Å². The first-order valence-corrected chi connectivity index (χ1v) is 7.08. The first-order chi connectivity index (χ1) is 9.00. The van der Waals surface area contributed by atoms with Crippen LogP contribution in [0.3, 0.4) is 0 Å². The van der Waals surface area contributed by atoms with Crippen LogP contribution in [0.1, 0.15) is 44.9 Å². The summed E-state index contributed by atoms with van der Waals surface area (Å²) in [6, 6.07) is 0.